The quantitative estimate of drug-likeness (QED) is 0.793. The Balaban J connectivity index is 1.86. The van der Waals surface area contributed by atoms with E-state index < -0.39 is 5.97 Å². The highest BCUT2D eigenvalue weighted by Crippen LogP contribution is 2.28. The second-order valence-corrected chi connectivity index (χ2v) is 5.90. The number of ether oxygens (including phenoxy) is 1. The van der Waals surface area contributed by atoms with E-state index in [9.17, 15) is 9.90 Å². The molecule has 1 aliphatic rings. The third-order valence-corrected chi connectivity index (χ3v) is 4.36. The van der Waals surface area contributed by atoms with Gasteiger partial charge in [-0.05, 0) is 36.4 Å². The standard InChI is InChI=1S/C19H17N3O3/c23-19(24)16-11-17(13-2-1-5-20-12-13)21-18-10-14(3-4-15(16)18)22-6-8-25-9-7-22/h1-5,10-12H,6-9H2,(H,23,24). The van der Waals surface area contributed by atoms with Gasteiger partial charge >= 0.3 is 5.97 Å². The molecule has 3 aromatic rings. The average molecular weight is 335 g/mol. The summed E-state index contributed by atoms with van der Waals surface area (Å²) < 4.78 is 5.39. The number of carboxylic acids is 1. The molecule has 0 unspecified atom stereocenters. The number of hydrogen-bond acceptors (Lipinski definition) is 5. The molecule has 1 N–H and O–H groups in total. The van der Waals surface area contributed by atoms with Crippen molar-refractivity contribution in [2.45, 2.75) is 0 Å². The number of anilines is 1. The van der Waals surface area contributed by atoms with E-state index in [0.29, 0.717) is 29.8 Å². The molecule has 0 radical (unpaired) electrons. The van der Waals surface area contributed by atoms with E-state index in [-0.39, 0.29) is 5.56 Å². The minimum absolute atomic E-state index is 0.248. The molecule has 0 amide bonds. The van der Waals surface area contributed by atoms with Gasteiger partial charge in [0.15, 0.2) is 0 Å². The van der Waals surface area contributed by atoms with Crippen molar-refractivity contribution >= 4 is 22.6 Å². The molecule has 0 bridgehead atoms. The Morgan fingerprint density at radius 1 is 1.16 bits per heavy atom. The number of fused-ring (bicyclic) bond motifs is 1. The van der Waals surface area contributed by atoms with Crippen LogP contribution in [0.2, 0.25) is 0 Å². The largest absolute Gasteiger partial charge is 0.478 e. The fraction of sp³-hybridized carbons (Fsp3) is 0.211. The first-order chi connectivity index (χ1) is 12.2. The predicted octanol–water partition coefficient (Wildman–Crippen LogP) is 2.83. The molecule has 1 fully saturated rings. The van der Waals surface area contributed by atoms with Crippen LogP contribution in [0.5, 0.6) is 0 Å². The zero-order valence-corrected chi connectivity index (χ0v) is 13.6. The summed E-state index contributed by atoms with van der Waals surface area (Å²) in [6, 6.07) is 11.0. The van der Waals surface area contributed by atoms with Gasteiger partial charge in [-0.2, -0.15) is 0 Å². The van der Waals surface area contributed by atoms with Crippen molar-refractivity contribution in [3.05, 3.63) is 54.4 Å². The van der Waals surface area contributed by atoms with Crippen LogP contribution in [0.25, 0.3) is 22.2 Å². The van der Waals surface area contributed by atoms with Crippen molar-refractivity contribution in [3.63, 3.8) is 0 Å². The van der Waals surface area contributed by atoms with Crippen LogP contribution in [0.15, 0.2) is 48.8 Å². The highest BCUT2D eigenvalue weighted by molar-refractivity contribution is 6.04. The van der Waals surface area contributed by atoms with Crippen molar-refractivity contribution in [1.82, 2.24) is 9.97 Å². The van der Waals surface area contributed by atoms with Crippen molar-refractivity contribution in [2.24, 2.45) is 0 Å². The molecule has 126 valence electrons. The van der Waals surface area contributed by atoms with E-state index >= 15 is 0 Å². The number of carbonyl (C=O) groups is 1. The molecule has 1 saturated heterocycles. The molecule has 2 aromatic heterocycles. The number of aromatic carboxylic acids is 1. The van der Waals surface area contributed by atoms with E-state index in [1.807, 2.05) is 30.3 Å². The zero-order valence-electron chi connectivity index (χ0n) is 13.6. The third kappa shape index (κ3) is 3.04. The number of pyridine rings is 2. The number of benzene rings is 1. The maximum absolute atomic E-state index is 11.7. The van der Waals surface area contributed by atoms with Crippen LogP contribution in [0.1, 0.15) is 10.4 Å². The molecule has 0 aliphatic carbocycles. The van der Waals surface area contributed by atoms with Gasteiger partial charge in [-0.3, -0.25) is 4.98 Å². The lowest BCUT2D eigenvalue weighted by Gasteiger charge is -2.29. The molecule has 0 spiro atoms. The van der Waals surface area contributed by atoms with Gasteiger partial charge in [0.25, 0.3) is 0 Å². The second-order valence-electron chi connectivity index (χ2n) is 5.90. The van der Waals surface area contributed by atoms with Gasteiger partial charge in [0.1, 0.15) is 0 Å². The van der Waals surface area contributed by atoms with Crippen LogP contribution in [-0.2, 0) is 4.74 Å². The van der Waals surface area contributed by atoms with Crippen molar-refractivity contribution in [1.29, 1.82) is 0 Å². The number of carboxylic acid groups (broad SMARTS) is 1. The summed E-state index contributed by atoms with van der Waals surface area (Å²) in [4.78, 5) is 22.7. The molecule has 4 rings (SSSR count). The highest BCUT2D eigenvalue weighted by Gasteiger charge is 2.16. The fourth-order valence-corrected chi connectivity index (χ4v) is 3.07. The lowest BCUT2D eigenvalue weighted by atomic mass is 10.0. The number of nitrogens with zero attached hydrogens (tertiary/aromatic N) is 3. The summed E-state index contributed by atoms with van der Waals surface area (Å²) in [6.07, 6.45) is 3.37. The maximum atomic E-state index is 11.7. The summed E-state index contributed by atoms with van der Waals surface area (Å²) in [5.74, 6) is -0.961. The fourth-order valence-electron chi connectivity index (χ4n) is 3.07. The van der Waals surface area contributed by atoms with E-state index in [2.05, 4.69) is 14.9 Å². The number of rotatable bonds is 3. The molecular formula is C19H17N3O3. The lowest BCUT2D eigenvalue weighted by molar-refractivity contribution is 0.0699. The van der Waals surface area contributed by atoms with Crippen LogP contribution in [0.4, 0.5) is 5.69 Å². The van der Waals surface area contributed by atoms with Crippen molar-refractivity contribution < 1.29 is 14.6 Å². The Kier molecular flexibility index (Phi) is 4.03. The second kappa shape index (κ2) is 6.49. The van der Waals surface area contributed by atoms with E-state index in [0.717, 1.165) is 24.3 Å². The smallest absolute Gasteiger partial charge is 0.336 e. The highest BCUT2D eigenvalue weighted by atomic mass is 16.5. The topological polar surface area (TPSA) is 75.5 Å². The van der Waals surface area contributed by atoms with Crippen LogP contribution in [-0.4, -0.2) is 47.3 Å². The Hall–Kier alpha value is -2.99. The summed E-state index contributed by atoms with van der Waals surface area (Å²) in [6.45, 7) is 3.03. The summed E-state index contributed by atoms with van der Waals surface area (Å²) >= 11 is 0. The number of hydrogen-bond donors (Lipinski definition) is 1. The first-order valence-corrected chi connectivity index (χ1v) is 8.13. The first-order valence-electron chi connectivity index (χ1n) is 8.13. The molecule has 6 heteroatoms. The van der Waals surface area contributed by atoms with Crippen LogP contribution >= 0.6 is 0 Å². The Bertz CT molecular complexity index is 922. The van der Waals surface area contributed by atoms with Crippen LogP contribution < -0.4 is 4.90 Å². The molecule has 0 saturated carbocycles. The minimum Gasteiger partial charge on any atom is -0.478 e. The molecular weight excluding hydrogens is 318 g/mol. The average Bonchev–Trinajstić information content (AvgIpc) is 2.68. The minimum atomic E-state index is -0.961. The van der Waals surface area contributed by atoms with E-state index in [1.54, 1.807) is 18.5 Å². The Morgan fingerprint density at radius 3 is 2.72 bits per heavy atom. The van der Waals surface area contributed by atoms with Crippen molar-refractivity contribution in [3.8, 4) is 11.3 Å². The SMILES string of the molecule is O=C(O)c1cc(-c2cccnc2)nc2cc(N3CCOCC3)ccc12. The Labute approximate surface area is 144 Å². The monoisotopic (exact) mass is 335 g/mol. The van der Waals surface area contributed by atoms with Gasteiger partial charge < -0.3 is 14.7 Å². The normalized spacial score (nSPS) is 14.6. The van der Waals surface area contributed by atoms with Crippen LogP contribution in [0.3, 0.4) is 0 Å². The number of aromatic nitrogens is 2. The molecule has 25 heavy (non-hydrogen) atoms. The van der Waals surface area contributed by atoms with Gasteiger partial charge in [0, 0.05) is 42.1 Å². The van der Waals surface area contributed by atoms with E-state index in [4.69, 9.17) is 4.74 Å². The summed E-state index contributed by atoms with van der Waals surface area (Å²) in [7, 11) is 0. The molecule has 1 aromatic carbocycles. The van der Waals surface area contributed by atoms with Gasteiger partial charge in [0.05, 0.1) is 30.0 Å². The van der Waals surface area contributed by atoms with Gasteiger partial charge in [-0.1, -0.05) is 0 Å². The van der Waals surface area contributed by atoms with E-state index in [1.165, 1.54) is 0 Å². The first kappa shape index (κ1) is 15.5. The Morgan fingerprint density at radius 2 is 2.00 bits per heavy atom. The summed E-state index contributed by atoms with van der Waals surface area (Å²) in [5, 5.41) is 10.2. The molecule has 0 atom stereocenters. The predicted molar refractivity (Wildman–Crippen MR) is 95.0 cm³/mol. The summed E-state index contributed by atoms with van der Waals surface area (Å²) in [5.41, 5.74) is 3.35. The van der Waals surface area contributed by atoms with Crippen molar-refractivity contribution in [2.75, 3.05) is 31.2 Å². The van der Waals surface area contributed by atoms with Gasteiger partial charge in [-0.15, -0.1) is 0 Å². The molecule has 3 heterocycles. The zero-order chi connectivity index (χ0) is 17.2. The third-order valence-electron chi connectivity index (χ3n) is 4.36. The van der Waals surface area contributed by atoms with Crippen LogP contribution in [0, 0.1) is 0 Å². The number of morpholine rings is 1. The molecule has 6 nitrogen and oxygen atoms in total. The maximum Gasteiger partial charge on any atom is 0.336 e. The molecule has 1 aliphatic heterocycles. The van der Waals surface area contributed by atoms with Gasteiger partial charge in [0.2, 0.25) is 0 Å². The van der Waals surface area contributed by atoms with Gasteiger partial charge in [-0.25, -0.2) is 9.78 Å². The lowest BCUT2D eigenvalue weighted by Crippen LogP contribution is -2.36.